The summed E-state index contributed by atoms with van der Waals surface area (Å²) in [7, 11) is 0. The van der Waals surface area contributed by atoms with Gasteiger partial charge in [0.15, 0.2) is 0 Å². The SMILES string of the molecule is O=C(NCC[C@@H](O)c1ccccc1)C(=O)NC1CCCC1. The Hall–Kier alpha value is -1.88. The number of carbonyl (C=O) groups is 2. The Morgan fingerprint density at radius 3 is 2.48 bits per heavy atom. The first kappa shape index (κ1) is 15.5. The van der Waals surface area contributed by atoms with Gasteiger partial charge < -0.3 is 15.7 Å². The lowest BCUT2D eigenvalue weighted by molar-refractivity contribution is -0.139. The molecule has 0 radical (unpaired) electrons. The number of carbonyl (C=O) groups excluding carboxylic acids is 2. The standard InChI is InChI=1S/C16H22N2O3/c19-14(12-6-2-1-3-7-12)10-11-17-15(20)16(21)18-13-8-4-5-9-13/h1-3,6-7,13-14,19H,4-5,8-11H2,(H,17,20)(H,18,21)/t14-/m1/s1. The number of amides is 2. The first-order chi connectivity index (χ1) is 10.2. The van der Waals surface area contributed by atoms with Crippen molar-refractivity contribution in [2.75, 3.05) is 6.54 Å². The number of rotatable bonds is 5. The van der Waals surface area contributed by atoms with E-state index in [-0.39, 0.29) is 12.6 Å². The molecule has 5 heteroatoms. The molecule has 0 unspecified atom stereocenters. The van der Waals surface area contributed by atoms with Crippen LogP contribution >= 0.6 is 0 Å². The van der Waals surface area contributed by atoms with Gasteiger partial charge in [-0.15, -0.1) is 0 Å². The third-order valence-electron chi connectivity index (χ3n) is 3.78. The molecule has 0 heterocycles. The maximum atomic E-state index is 11.7. The Kier molecular flexibility index (Phi) is 5.75. The van der Waals surface area contributed by atoms with E-state index < -0.39 is 17.9 Å². The number of aliphatic hydroxyl groups excluding tert-OH is 1. The molecule has 1 aliphatic carbocycles. The summed E-state index contributed by atoms with van der Waals surface area (Å²) < 4.78 is 0. The Morgan fingerprint density at radius 1 is 1.14 bits per heavy atom. The second kappa shape index (κ2) is 7.78. The van der Waals surface area contributed by atoms with E-state index in [1.807, 2.05) is 30.3 Å². The molecule has 1 aromatic rings. The van der Waals surface area contributed by atoms with Gasteiger partial charge in [0.2, 0.25) is 0 Å². The van der Waals surface area contributed by atoms with Crippen LogP contribution < -0.4 is 10.6 Å². The van der Waals surface area contributed by atoms with Crippen LogP contribution in [0.1, 0.15) is 43.8 Å². The predicted octanol–water partition coefficient (Wildman–Crippen LogP) is 1.29. The Balaban J connectivity index is 1.67. The molecular weight excluding hydrogens is 268 g/mol. The smallest absolute Gasteiger partial charge is 0.309 e. The highest BCUT2D eigenvalue weighted by atomic mass is 16.3. The molecular formula is C16H22N2O3. The van der Waals surface area contributed by atoms with Gasteiger partial charge >= 0.3 is 11.8 Å². The third kappa shape index (κ3) is 4.86. The molecule has 0 aromatic heterocycles. The summed E-state index contributed by atoms with van der Waals surface area (Å²) in [6.45, 7) is 0.271. The molecule has 0 aliphatic heterocycles. The van der Waals surface area contributed by atoms with Crippen molar-refractivity contribution in [3.8, 4) is 0 Å². The maximum absolute atomic E-state index is 11.7. The normalized spacial score (nSPS) is 16.4. The van der Waals surface area contributed by atoms with Crippen molar-refractivity contribution in [2.45, 2.75) is 44.2 Å². The number of hydrogen-bond donors (Lipinski definition) is 3. The first-order valence-electron chi connectivity index (χ1n) is 7.48. The molecule has 2 rings (SSSR count). The summed E-state index contributed by atoms with van der Waals surface area (Å²) in [6, 6.07) is 9.39. The van der Waals surface area contributed by atoms with E-state index in [1.54, 1.807) is 0 Å². The highest BCUT2D eigenvalue weighted by Gasteiger charge is 2.21. The van der Waals surface area contributed by atoms with Gasteiger partial charge in [0, 0.05) is 12.6 Å². The van der Waals surface area contributed by atoms with E-state index in [4.69, 9.17) is 0 Å². The highest BCUT2D eigenvalue weighted by molar-refractivity contribution is 6.35. The van der Waals surface area contributed by atoms with Gasteiger partial charge in [-0.1, -0.05) is 43.2 Å². The third-order valence-corrected chi connectivity index (χ3v) is 3.78. The van der Waals surface area contributed by atoms with E-state index in [0.717, 1.165) is 31.2 Å². The topological polar surface area (TPSA) is 78.4 Å². The quantitative estimate of drug-likeness (QED) is 0.715. The van der Waals surface area contributed by atoms with Gasteiger partial charge in [-0.2, -0.15) is 0 Å². The molecule has 0 saturated heterocycles. The van der Waals surface area contributed by atoms with Gasteiger partial charge in [0.25, 0.3) is 0 Å². The molecule has 1 aromatic carbocycles. The van der Waals surface area contributed by atoms with Crippen molar-refractivity contribution in [3.63, 3.8) is 0 Å². The van der Waals surface area contributed by atoms with Crippen LogP contribution in [-0.2, 0) is 9.59 Å². The van der Waals surface area contributed by atoms with E-state index >= 15 is 0 Å². The van der Waals surface area contributed by atoms with Crippen LogP contribution in [-0.4, -0.2) is 29.5 Å². The molecule has 1 saturated carbocycles. The Morgan fingerprint density at radius 2 is 1.81 bits per heavy atom. The lowest BCUT2D eigenvalue weighted by Gasteiger charge is -2.13. The van der Waals surface area contributed by atoms with Crippen molar-refractivity contribution < 1.29 is 14.7 Å². The Bertz CT molecular complexity index is 470. The highest BCUT2D eigenvalue weighted by Crippen LogP contribution is 2.17. The van der Waals surface area contributed by atoms with Crippen LogP contribution in [0.5, 0.6) is 0 Å². The van der Waals surface area contributed by atoms with Crippen LogP contribution in [0.25, 0.3) is 0 Å². The van der Waals surface area contributed by atoms with Crippen LogP contribution in [0.2, 0.25) is 0 Å². The zero-order valence-corrected chi connectivity index (χ0v) is 12.0. The predicted molar refractivity (Wildman–Crippen MR) is 79.4 cm³/mol. The molecule has 1 atom stereocenters. The average Bonchev–Trinajstić information content (AvgIpc) is 3.00. The summed E-state index contributed by atoms with van der Waals surface area (Å²) in [6.07, 6.45) is 3.86. The van der Waals surface area contributed by atoms with Crippen LogP contribution in [0, 0.1) is 0 Å². The lowest BCUT2D eigenvalue weighted by Crippen LogP contribution is -2.44. The molecule has 0 bridgehead atoms. The van der Waals surface area contributed by atoms with Gasteiger partial charge in [-0.25, -0.2) is 0 Å². The summed E-state index contributed by atoms with van der Waals surface area (Å²) in [5, 5.41) is 15.2. The largest absolute Gasteiger partial charge is 0.388 e. The fraction of sp³-hybridized carbons (Fsp3) is 0.500. The molecule has 2 amide bonds. The second-order valence-electron chi connectivity index (χ2n) is 5.43. The van der Waals surface area contributed by atoms with Crippen LogP contribution in [0.4, 0.5) is 0 Å². The summed E-state index contributed by atoms with van der Waals surface area (Å²) in [5.74, 6) is -1.20. The summed E-state index contributed by atoms with van der Waals surface area (Å²) in [5.41, 5.74) is 0.808. The van der Waals surface area contributed by atoms with Crippen molar-refractivity contribution in [1.82, 2.24) is 10.6 Å². The number of hydrogen-bond acceptors (Lipinski definition) is 3. The molecule has 3 N–H and O–H groups in total. The minimum Gasteiger partial charge on any atom is -0.388 e. The monoisotopic (exact) mass is 290 g/mol. The Labute approximate surface area is 124 Å². The summed E-state index contributed by atoms with van der Waals surface area (Å²) >= 11 is 0. The van der Waals surface area contributed by atoms with Crippen molar-refractivity contribution in [1.29, 1.82) is 0 Å². The van der Waals surface area contributed by atoms with Gasteiger partial charge in [-0.05, 0) is 24.8 Å². The van der Waals surface area contributed by atoms with E-state index in [1.165, 1.54) is 0 Å². The van der Waals surface area contributed by atoms with Crippen molar-refractivity contribution >= 4 is 11.8 Å². The van der Waals surface area contributed by atoms with Crippen LogP contribution in [0.3, 0.4) is 0 Å². The molecule has 1 aliphatic rings. The zero-order chi connectivity index (χ0) is 15.1. The molecule has 0 spiro atoms. The lowest BCUT2D eigenvalue weighted by atomic mass is 10.1. The van der Waals surface area contributed by atoms with Gasteiger partial charge in [-0.3, -0.25) is 9.59 Å². The zero-order valence-electron chi connectivity index (χ0n) is 12.0. The number of benzene rings is 1. The van der Waals surface area contributed by atoms with E-state index in [0.29, 0.717) is 6.42 Å². The number of nitrogens with one attached hydrogen (secondary N) is 2. The summed E-state index contributed by atoms with van der Waals surface area (Å²) in [4.78, 5) is 23.3. The fourth-order valence-corrected chi connectivity index (χ4v) is 2.57. The minimum absolute atomic E-state index is 0.137. The minimum atomic E-state index is -0.635. The molecule has 21 heavy (non-hydrogen) atoms. The molecule has 114 valence electrons. The first-order valence-corrected chi connectivity index (χ1v) is 7.48. The van der Waals surface area contributed by atoms with Crippen molar-refractivity contribution in [2.24, 2.45) is 0 Å². The van der Waals surface area contributed by atoms with E-state index in [9.17, 15) is 14.7 Å². The average molecular weight is 290 g/mol. The van der Waals surface area contributed by atoms with Gasteiger partial charge in [0.05, 0.1) is 6.10 Å². The maximum Gasteiger partial charge on any atom is 0.309 e. The molecule has 5 nitrogen and oxygen atoms in total. The molecule has 1 fully saturated rings. The van der Waals surface area contributed by atoms with Gasteiger partial charge in [0.1, 0.15) is 0 Å². The van der Waals surface area contributed by atoms with Crippen molar-refractivity contribution in [3.05, 3.63) is 35.9 Å². The second-order valence-corrected chi connectivity index (χ2v) is 5.43. The van der Waals surface area contributed by atoms with Crippen LogP contribution in [0.15, 0.2) is 30.3 Å². The number of aliphatic hydroxyl groups is 1. The fourth-order valence-electron chi connectivity index (χ4n) is 2.57. The van der Waals surface area contributed by atoms with E-state index in [2.05, 4.69) is 10.6 Å².